The van der Waals surface area contributed by atoms with E-state index in [4.69, 9.17) is 4.74 Å². The lowest BCUT2D eigenvalue weighted by Gasteiger charge is -2.39. The van der Waals surface area contributed by atoms with Gasteiger partial charge >= 0.3 is 6.09 Å². The number of hydrogen-bond acceptors (Lipinski definition) is 4. The van der Waals surface area contributed by atoms with Gasteiger partial charge in [-0.05, 0) is 30.6 Å². The minimum Gasteiger partial charge on any atom is -0.446 e. The molecule has 0 radical (unpaired) electrons. The Balaban J connectivity index is 1.61. The van der Waals surface area contributed by atoms with E-state index in [9.17, 15) is 9.59 Å². The highest BCUT2D eigenvalue weighted by molar-refractivity contribution is 7.80. The summed E-state index contributed by atoms with van der Waals surface area (Å²) in [6, 6.07) is -0.602. The molecule has 5 nitrogen and oxygen atoms in total. The molecule has 2 saturated carbocycles. The number of fused-ring (bicyclic) bond motifs is 2. The van der Waals surface area contributed by atoms with Gasteiger partial charge in [0.15, 0.2) is 0 Å². The fraction of sp³-hybridized carbons (Fsp3) is 0.867. The Morgan fingerprint density at radius 3 is 2.67 bits per heavy atom. The molecule has 2 amide bonds. The minimum atomic E-state index is -0.505. The van der Waals surface area contributed by atoms with Gasteiger partial charge in [-0.15, -0.1) is 0 Å². The Hall–Kier alpha value is -0.910. The van der Waals surface area contributed by atoms with E-state index < -0.39 is 12.1 Å². The summed E-state index contributed by atoms with van der Waals surface area (Å²) in [5, 5.41) is 5.38. The number of rotatable bonds is 3. The zero-order valence-corrected chi connectivity index (χ0v) is 13.7. The number of nitrogens with one attached hydrogen (secondary N) is 2. The van der Waals surface area contributed by atoms with E-state index in [2.05, 4.69) is 44.0 Å². The van der Waals surface area contributed by atoms with Crippen molar-refractivity contribution in [1.29, 1.82) is 0 Å². The van der Waals surface area contributed by atoms with Gasteiger partial charge in [-0.2, -0.15) is 12.6 Å². The highest BCUT2D eigenvalue weighted by Gasteiger charge is 2.63. The molecule has 5 atom stereocenters. The molecule has 6 heteroatoms. The predicted molar refractivity (Wildman–Crippen MR) is 82.2 cm³/mol. The van der Waals surface area contributed by atoms with Crippen LogP contribution >= 0.6 is 12.6 Å². The first-order valence-corrected chi connectivity index (χ1v) is 8.31. The van der Waals surface area contributed by atoms with Crippen molar-refractivity contribution in [2.45, 2.75) is 58.2 Å². The third-order valence-electron chi connectivity index (χ3n) is 6.45. The van der Waals surface area contributed by atoms with E-state index in [0.29, 0.717) is 11.7 Å². The lowest BCUT2D eigenvalue weighted by Crippen LogP contribution is -2.70. The largest absolute Gasteiger partial charge is 0.446 e. The minimum absolute atomic E-state index is 0.0415. The normalized spacial score (nSPS) is 43.1. The summed E-state index contributed by atoms with van der Waals surface area (Å²) in [4.78, 5) is 23.6. The van der Waals surface area contributed by atoms with Crippen molar-refractivity contribution < 1.29 is 14.3 Å². The summed E-state index contributed by atoms with van der Waals surface area (Å²) in [6.07, 6.45) is 2.73. The summed E-state index contributed by atoms with van der Waals surface area (Å²) < 4.78 is 5.68. The first kappa shape index (κ1) is 15.0. The van der Waals surface area contributed by atoms with Gasteiger partial charge in [0.2, 0.25) is 5.91 Å². The second kappa shape index (κ2) is 4.80. The maximum absolute atomic E-state index is 12.1. The Morgan fingerprint density at radius 2 is 2.19 bits per heavy atom. The average Bonchev–Trinajstić information content (AvgIpc) is 2.75. The lowest BCUT2D eigenvalue weighted by molar-refractivity contribution is -0.131. The van der Waals surface area contributed by atoms with E-state index in [1.807, 2.05) is 0 Å². The summed E-state index contributed by atoms with van der Waals surface area (Å²) in [5.74, 6) is 0.968. The Morgan fingerprint density at radius 1 is 1.48 bits per heavy atom. The third kappa shape index (κ3) is 2.05. The topological polar surface area (TPSA) is 67.4 Å². The molecular formula is C15H24N2O3S. The smallest absolute Gasteiger partial charge is 0.408 e. The summed E-state index contributed by atoms with van der Waals surface area (Å²) in [6.45, 7) is 6.79. The Kier molecular flexibility index (Phi) is 3.43. The van der Waals surface area contributed by atoms with Crippen LogP contribution in [0.5, 0.6) is 0 Å². The molecule has 2 aliphatic carbocycles. The molecule has 0 aromatic rings. The lowest BCUT2D eigenvalue weighted by atomic mass is 9.70. The maximum atomic E-state index is 12.1. The number of β-lactam (4-membered cyclic amide) rings is 1. The maximum Gasteiger partial charge on any atom is 0.408 e. The zero-order chi connectivity index (χ0) is 15.4. The van der Waals surface area contributed by atoms with Gasteiger partial charge in [-0.1, -0.05) is 20.8 Å². The molecule has 3 aliphatic rings. The number of amides is 2. The van der Waals surface area contributed by atoms with Crippen LogP contribution in [0.4, 0.5) is 4.79 Å². The molecule has 0 spiro atoms. The fourth-order valence-electron chi connectivity index (χ4n) is 4.36. The van der Waals surface area contributed by atoms with Crippen molar-refractivity contribution in [3.8, 4) is 0 Å². The Bertz CT molecular complexity index is 482. The van der Waals surface area contributed by atoms with Crippen LogP contribution in [0.3, 0.4) is 0 Å². The molecule has 1 saturated heterocycles. The van der Waals surface area contributed by atoms with Gasteiger partial charge in [0, 0.05) is 11.2 Å². The molecule has 2 N–H and O–H groups in total. The molecule has 3 fully saturated rings. The highest BCUT2D eigenvalue weighted by Crippen LogP contribution is 2.66. The molecule has 1 heterocycles. The number of carbonyl (C=O) groups is 2. The number of alkyl carbamates (subject to hydrolysis) is 1. The van der Waals surface area contributed by atoms with Gasteiger partial charge in [-0.25, -0.2) is 4.79 Å². The summed E-state index contributed by atoms with van der Waals surface area (Å²) in [7, 11) is 0. The van der Waals surface area contributed by atoms with E-state index >= 15 is 0 Å². The first-order valence-electron chi connectivity index (χ1n) is 7.68. The molecule has 5 unspecified atom stereocenters. The molecule has 0 aromatic heterocycles. The molecule has 3 rings (SSSR count). The molecule has 2 bridgehead atoms. The van der Waals surface area contributed by atoms with Crippen LogP contribution in [0.25, 0.3) is 0 Å². The van der Waals surface area contributed by atoms with Gasteiger partial charge < -0.3 is 15.4 Å². The molecule has 1 aliphatic heterocycles. The average molecular weight is 312 g/mol. The van der Waals surface area contributed by atoms with Crippen molar-refractivity contribution in [2.75, 3.05) is 5.75 Å². The van der Waals surface area contributed by atoms with Crippen molar-refractivity contribution in [3.05, 3.63) is 0 Å². The number of carbonyl (C=O) groups excluding carboxylic acids is 2. The van der Waals surface area contributed by atoms with E-state index in [1.165, 1.54) is 6.42 Å². The van der Waals surface area contributed by atoms with Crippen LogP contribution in [-0.2, 0) is 9.53 Å². The van der Waals surface area contributed by atoms with Crippen molar-refractivity contribution >= 4 is 24.6 Å². The molecular weight excluding hydrogens is 288 g/mol. The van der Waals surface area contributed by atoms with E-state index in [1.54, 1.807) is 0 Å². The van der Waals surface area contributed by atoms with Gasteiger partial charge in [-0.3, -0.25) is 4.79 Å². The van der Waals surface area contributed by atoms with Crippen LogP contribution in [-0.4, -0.2) is 35.9 Å². The predicted octanol–water partition coefficient (Wildman–Crippen LogP) is 1.72. The molecule has 118 valence electrons. The fourth-order valence-corrected chi connectivity index (χ4v) is 4.66. The third-order valence-corrected chi connectivity index (χ3v) is 6.84. The van der Waals surface area contributed by atoms with Gasteiger partial charge in [0.25, 0.3) is 0 Å². The SMILES string of the molecule is CC1(C)C2CCC1(C)C(OC(=O)NC1C(=O)NC1CS)C2. The zero-order valence-electron chi connectivity index (χ0n) is 12.8. The van der Waals surface area contributed by atoms with Crippen molar-refractivity contribution in [1.82, 2.24) is 10.6 Å². The van der Waals surface area contributed by atoms with Gasteiger partial charge in [0.1, 0.15) is 12.1 Å². The quantitative estimate of drug-likeness (QED) is 0.549. The van der Waals surface area contributed by atoms with Crippen LogP contribution in [0.2, 0.25) is 0 Å². The highest BCUT2D eigenvalue weighted by atomic mass is 32.1. The second-order valence-electron chi connectivity index (χ2n) is 7.42. The molecule has 21 heavy (non-hydrogen) atoms. The Labute approximate surface area is 131 Å². The monoisotopic (exact) mass is 312 g/mol. The van der Waals surface area contributed by atoms with Crippen LogP contribution < -0.4 is 10.6 Å². The number of hydrogen-bond donors (Lipinski definition) is 3. The van der Waals surface area contributed by atoms with Crippen LogP contribution in [0.15, 0.2) is 0 Å². The van der Waals surface area contributed by atoms with Crippen molar-refractivity contribution in [2.24, 2.45) is 16.7 Å². The van der Waals surface area contributed by atoms with Crippen LogP contribution in [0, 0.1) is 16.7 Å². The first-order chi connectivity index (χ1) is 9.79. The summed E-state index contributed by atoms with van der Waals surface area (Å²) >= 11 is 4.15. The number of ether oxygens (including phenoxy) is 1. The van der Waals surface area contributed by atoms with Gasteiger partial charge in [0.05, 0.1) is 6.04 Å². The van der Waals surface area contributed by atoms with E-state index in [-0.39, 0.29) is 28.9 Å². The second-order valence-corrected chi connectivity index (χ2v) is 7.79. The van der Waals surface area contributed by atoms with Crippen LogP contribution in [0.1, 0.15) is 40.0 Å². The van der Waals surface area contributed by atoms with E-state index in [0.717, 1.165) is 12.8 Å². The standard InChI is InChI=1S/C15H24N2O3S/c1-14(2)8-4-5-15(14,3)10(6-8)20-13(19)17-11-9(7-21)16-12(11)18/h8-11,21H,4-7H2,1-3H3,(H,16,18)(H,17,19). The number of thiol groups is 1. The summed E-state index contributed by atoms with van der Waals surface area (Å²) in [5.41, 5.74) is 0.249. The van der Waals surface area contributed by atoms with Crippen molar-refractivity contribution in [3.63, 3.8) is 0 Å². The molecule has 0 aromatic carbocycles.